The lowest BCUT2D eigenvalue weighted by Crippen LogP contribution is -2.48. The van der Waals surface area contributed by atoms with Crippen LogP contribution in [0.3, 0.4) is 0 Å². The maximum absolute atomic E-state index is 12.9. The Labute approximate surface area is 158 Å². The molecule has 0 radical (unpaired) electrons. The van der Waals surface area contributed by atoms with Gasteiger partial charge in [-0.05, 0) is 33.2 Å². The minimum Gasteiger partial charge on any atom is -0.459 e. The highest BCUT2D eigenvalue weighted by Crippen LogP contribution is 2.45. The first-order valence-corrected chi connectivity index (χ1v) is 9.28. The van der Waals surface area contributed by atoms with E-state index in [2.05, 4.69) is 0 Å². The Bertz CT molecular complexity index is 686. The Morgan fingerprint density at radius 1 is 1.22 bits per heavy atom. The number of Topliss-reactive ketones (excluding diaryl/α,β-unsaturated/α-hetero) is 1. The molecule has 0 aromatic rings. The zero-order chi connectivity index (χ0) is 20.0. The number of epoxide rings is 1. The van der Waals surface area contributed by atoms with Gasteiger partial charge in [0.15, 0.2) is 17.3 Å². The van der Waals surface area contributed by atoms with Crippen LogP contribution in [0.4, 0.5) is 0 Å². The highest BCUT2D eigenvalue weighted by Gasteiger charge is 2.63. The minimum atomic E-state index is -1.82. The highest BCUT2D eigenvalue weighted by molar-refractivity contribution is 6.01. The van der Waals surface area contributed by atoms with Crippen molar-refractivity contribution in [3.8, 4) is 0 Å². The second-order valence-electron chi connectivity index (χ2n) is 8.02. The molecule has 0 amide bonds. The van der Waals surface area contributed by atoms with E-state index in [4.69, 9.17) is 14.2 Å². The third-order valence-electron chi connectivity index (χ3n) is 5.95. The number of carbonyl (C=O) groups is 3. The number of cyclic esters (lactones) is 1. The number of ether oxygens (including phenoxy) is 3. The summed E-state index contributed by atoms with van der Waals surface area (Å²) in [5, 5.41) is 10.7. The number of likely N-dealkylation sites (N-methyl/N-ethyl adjacent to an activating group) is 1. The molecule has 3 aliphatic heterocycles. The number of aliphatic hydroxyl groups is 1. The Kier molecular flexibility index (Phi) is 5.18. The first-order chi connectivity index (χ1) is 12.6. The van der Waals surface area contributed by atoms with Gasteiger partial charge in [0.25, 0.3) is 0 Å². The van der Waals surface area contributed by atoms with Crippen molar-refractivity contribution in [2.75, 3.05) is 26.7 Å². The maximum Gasteiger partial charge on any atom is 0.341 e. The van der Waals surface area contributed by atoms with Crippen molar-refractivity contribution in [2.45, 2.75) is 57.0 Å². The van der Waals surface area contributed by atoms with Crippen molar-refractivity contribution < 1.29 is 33.7 Å². The first kappa shape index (κ1) is 20.0. The van der Waals surface area contributed by atoms with E-state index in [1.807, 2.05) is 11.9 Å². The molecule has 2 bridgehead atoms. The molecule has 1 N–H and O–H groups in total. The van der Waals surface area contributed by atoms with E-state index in [1.54, 1.807) is 19.9 Å². The molecule has 3 aliphatic rings. The molecule has 0 saturated carbocycles. The van der Waals surface area contributed by atoms with Crippen LogP contribution in [-0.4, -0.2) is 77.9 Å². The van der Waals surface area contributed by atoms with Gasteiger partial charge in [-0.2, -0.15) is 0 Å². The molecule has 150 valence electrons. The van der Waals surface area contributed by atoms with E-state index < -0.39 is 41.3 Å². The molecule has 0 aliphatic carbocycles. The Morgan fingerprint density at radius 2 is 1.89 bits per heavy atom. The summed E-state index contributed by atoms with van der Waals surface area (Å²) in [4.78, 5) is 40.2. The van der Waals surface area contributed by atoms with Crippen LogP contribution in [0.25, 0.3) is 0 Å². The van der Waals surface area contributed by atoms with Crippen molar-refractivity contribution in [1.29, 1.82) is 0 Å². The van der Waals surface area contributed by atoms with Crippen molar-refractivity contribution >= 4 is 17.7 Å². The van der Waals surface area contributed by atoms with Crippen LogP contribution in [0.1, 0.15) is 33.6 Å². The monoisotopic (exact) mass is 381 g/mol. The van der Waals surface area contributed by atoms with E-state index in [9.17, 15) is 19.5 Å². The number of carbonyl (C=O) groups excluding carboxylic acids is 3. The van der Waals surface area contributed by atoms with Crippen molar-refractivity contribution in [3.63, 3.8) is 0 Å². The fraction of sp³-hybridized carbons (Fsp3) is 0.737. The number of rotatable bonds is 0. The molecule has 1 spiro atoms. The Morgan fingerprint density at radius 3 is 2.52 bits per heavy atom. The van der Waals surface area contributed by atoms with Crippen molar-refractivity contribution in [3.05, 3.63) is 11.6 Å². The molecular formula is C19H27NO7. The van der Waals surface area contributed by atoms with Crippen molar-refractivity contribution in [2.24, 2.45) is 5.92 Å². The fourth-order valence-electron chi connectivity index (χ4n) is 3.54. The summed E-state index contributed by atoms with van der Waals surface area (Å²) in [6.45, 7) is 5.57. The van der Waals surface area contributed by atoms with Crippen LogP contribution in [0.2, 0.25) is 0 Å². The standard InChI is InChI=1S/C19H27NO7/c1-11-9-19(12(2)27-19)17(23)26-14-6-8-20(4)7-5-13(15(14)21)10-25-16(22)18(11,3)24/h5,11-12,14,24H,6-10H2,1-4H3/b13-5-/t11-,12+,14+,18+,19+/m0/s1. The van der Waals surface area contributed by atoms with Crippen LogP contribution < -0.4 is 0 Å². The summed E-state index contributed by atoms with van der Waals surface area (Å²) in [6, 6.07) is 0. The fourth-order valence-corrected chi connectivity index (χ4v) is 3.54. The smallest absolute Gasteiger partial charge is 0.341 e. The minimum absolute atomic E-state index is 0.0958. The Balaban J connectivity index is 1.97. The van der Waals surface area contributed by atoms with Crippen LogP contribution in [0, 0.1) is 5.92 Å². The number of hydrogen-bond acceptors (Lipinski definition) is 8. The number of fused-ring (bicyclic) bond motifs is 2. The maximum atomic E-state index is 12.9. The van der Waals surface area contributed by atoms with Gasteiger partial charge in [0.2, 0.25) is 5.78 Å². The number of nitrogens with zero attached hydrogens (tertiary/aromatic N) is 1. The van der Waals surface area contributed by atoms with Gasteiger partial charge in [-0.1, -0.05) is 13.0 Å². The van der Waals surface area contributed by atoms with E-state index in [-0.39, 0.29) is 24.4 Å². The van der Waals surface area contributed by atoms with Gasteiger partial charge in [0.1, 0.15) is 6.61 Å². The van der Waals surface area contributed by atoms with Gasteiger partial charge in [0, 0.05) is 25.1 Å². The van der Waals surface area contributed by atoms with Crippen molar-refractivity contribution in [1.82, 2.24) is 4.90 Å². The Hall–Kier alpha value is -1.77. The number of ketones is 1. The van der Waals surface area contributed by atoms with E-state index in [0.29, 0.717) is 19.5 Å². The largest absolute Gasteiger partial charge is 0.459 e. The third-order valence-corrected chi connectivity index (χ3v) is 5.95. The molecule has 27 heavy (non-hydrogen) atoms. The quantitative estimate of drug-likeness (QED) is 0.469. The molecular weight excluding hydrogens is 354 g/mol. The molecule has 5 atom stereocenters. The molecule has 2 saturated heterocycles. The summed E-state index contributed by atoms with van der Waals surface area (Å²) in [6.07, 6.45) is 0.756. The van der Waals surface area contributed by atoms with Gasteiger partial charge < -0.3 is 24.2 Å². The van der Waals surface area contributed by atoms with Gasteiger partial charge in [-0.3, -0.25) is 4.79 Å². The molecule has 0 unspecified atom stereocenters. The lowest BCUT2D eigenvalue weighted by atomic mass is 9.82. The average Bonchev–Trinajstić information content (AvgIpc) is 3.26. The predicted octanol–water partition coefficient (Wildman–Crippen LogP) is 0.221. The summed E-state index contributed by atoms with van der Waals surface area (Å²) in [7, 11) is 1.89. The number of esters is 2. The molecule has 3 rings (SSSR count). The normalized spacial score (nSPS) is 43.4. The SMILES string of the molecule is C[C@H]1C[C@]2(O[C@@H]2C)C(=O)O[C@@H]2CCN(C)C/C=C(/COC(=O)[C@]1(C)O)C2=O. The van der Waals surface area contributed by atoms with Crippen LogP contribution in [-0.2, 0) is 28.6 Å². The topological polar surface area (TPSA) is 106 Å². The van der Waals surface area contributed by atoms with E-state index in [0.717, 1.165) is 0 Å². The lowest BCUT2D eigenvalue weighted by molar-refractivity contribution is -0.173. The second kappa shape index (κ2) is 7.00. The van der Waals surface area contributed by atoms with E-state index >= 15 is 0 Å². The van der Waals surface area contributed by atoms with Crippen LogP contribution >= 0.6 is 0 Å². The van der Waals surface area contributed by atoms with Crippen LogP contribution in [0.5, 0.6) is 0 Å². The molecule has 2 fully saturated rings. The van der Waals surface area contributed by atoms with Gasteiger partial charge in [-0.25, -0.2) is 9.59 Å². The van der Waals surface area contributed by atoms with Gasteiger partial charge >= 0.3 is 11.9 Å². The number of hydrogen-bond donors (Lipinski definition) is 1. The summed E-state index contributed by atoms with van der Waals surface area (Å²) >= 11 is 0. The van der Waals surface area contributed by atoms with Crippen LogP contribution in [0.15, 0.2) is 11.6 Å². The third kappa shape index (κ3) is 3.66. The molecule has 0 aromatic carbocycles. The predicted molar refractivity (Wildman–Crippen MR) is 93.7 cm³/mol. The summed E-state index contributed by atoms with van der Waals surface area (Å²) < 4.78 is 16.4. The van der Waals surface area contributed by atoms with E-state index in [1.165, 1.54) is 6.92 Å². The molecule has 8 heteroatoms. The average molecular weight is 381 g/mol. The highest BCUT2D eigenvalue weighted by atomic mass is 16.7. The summed E-state index contributed by atoms with van der Waals surface area (Å²) in [5.74, 6) is -2.43. The van der Waals surface area contributed by atoms with Gasteiger partial charge in [0.05, 0.1) is 6.10 Å². The second-order valence-corrected chi connectivity index (χ2v) is 8.02. The van der Waals surface area contributed by atoms with Gasteiger partial charge in [-0.15, -0.1) is 0 Å². The molecule has 0 aromatic heterocycles. The zero-order valence-corrected chi connectivity index (χ0v) is 16.2. The first-order valence-electron chi connectivity index (χ1n) is 9.28. The molecule has 3 heterocycles. The lowest BCUT2D eigenvalue weighted by Gasteiger charge is -2.32. The zero-order valence-electron chi connectivity index (χ0n) is 16.2. The summed E-state index contributed by atoms with van der Waals surface area (Å²) in [5.41, 5.74) is -2.81. The molecule has 8 nitrogen and oxygen atoms in total.